The van der Waals surface area contributed by atoms with Crippen molar-refractivity contribution >= 4 is 29.2 Å². The number of aromatic amines is 1. The Balaban J connectivity index is 0.00000133. The van der Waals surface area contributed by atoms with E-state index in [0.717, 1.165) is 37.1 Å². The van der Waals surface area contributed by atoms with Crippen LogP contribution in [0.5, 0.6) is 0 Å². The standard InChI is InChI=1S/C14H17N3O.ClH/c1-16-6-8-17(9-7-16)14(18)13-10-11-4-2-3-5-12(11)15-13;/h2-5,10,15H,6-9H2,1H3;1H. The second-order valence-corrected chi connectivity index (χ2v) is 4.87. The molecule has 1 aliphatic heterocycles. The summed E-state index contributed by atoms with van der Waals surface area (Å²) in [5.74, 6) is 0.110. The maximum absolute atomic E-state index is 12.4. The SMILES string of the molecule is CN1CCN(C(=O)c2cc3ccccc3[nH]2)CC1.Cl. The number of hydrogen-bond donors (Lipinski definition) is 1. The molecule has 1 saturated heterocycles. The molecule has 5 heteroatoms. The summed E-state index contributed by atoms with van der Waals surface area (Å²) in [5, 5.41) is 1.09. The molecule has 1 aromatic carbocycles. The highest BCUT2D eigenvalue weighted by Gasteiger charge is 2.21. The number of fused-ring (bicyclic) bond motifs is 1. The van der Waals surface area contributed by atoms with Gasteiger partial charge < -0.3 is 14.8 Å². The first kappa shape index (κ1) is 13.9. The highest BCUT2D eigenvalue weighted by Crippen LogP contribution is 2.16. The van der Waals surface area contributed by atoms with Crippen molar-refractivity contribution in [3.8, 4) is 0 Å². The fourth-order valence-electron chi connectivity index (χ4n) is 2.37. The van der Waals surface area contributed by atoms with Crippen LogP contribution in [0, 0.1) is 0 Å². The van der Waals surface area contributed by atoms with E-state index in [-0.39, 0.29) is 18.3 Å². The lowest BCUT2D eigenvalue weighted by Gasteiger charge is -2.32. The van der Waals surface area contributed by atoms with Gasteiger partial charge in [0.15, 0.2) is 0 Å². The van der Waals surface area contributed by atoms with Gasteiger partial charge in [0.25, 0.3) is 5.91 Å². The molecular formula is C14H18ClN3O. The van der Waals surface area contributed by atoms with Crippen LogP contribution in [0.2, 0.25) is 0 Å². The fourth-order valence-corrected chi connectivity index (χ4v) is 2.37. The summed E-state index contributed by atoms with van der Waals surface area (Å²) < 4.78 is 0. The van der Waals surface area contributed by atoms with E-state index in [0.29, 0.717) is 5.69 Å². The van der Waals surface area contributed by atoms with E-state index in [1.54, 1.807) is 0 Å². The minimum absolute atomic E-state index is 0. The summed E-state index contributed by atoms with van der Waals surface area (Å²) in [5.41, 5.74) is 1.72. The van der Waals surface area contributed by atoms with Crippen LogP contribution >= 0.6 is 12.4 Å². The van der Waals surface area contributed by atoms with E-state index in [9.17, 15) is 4.79 Å². The maximum Gasteiger partial charge on any atom is 0.270 e. The Bertz CT molecular complexity index is 540. The molecule has 0 saturated carbocycles. The molecule has 19 heavy (non-hydrogen) atoms. The Kier molecular flexibility index (Phi) is 4.12. The number of benzene rings is 1. The number of para-hydroxylation sites is 1. The molecule has 3 rings (SSSR count). The predicted octanol–water partition coefficient (Wildman–Crippen LogP) is 1.98. The first-order chi connectivity index (χ1) is 8.74. The van der Waals surface area contributed by atoms with Crippen LogP contribution in [0.1, 0.15) is 10.5 Å². The lowest BCUT2D eigenvalue weighted by molar-refractivity contribution is 0.0659. The van der Waals surface area contributed by atoms with Crippen LogP contribution in [-0.2, 0) is 0 Å². The second-order valence-electron chi connectivity index (χ2n) is 4.87. The molecule has 102 valence electrons. The smallest absolute Gasteiger partial charge is 0.270 e. The Morgan fingerprint density at radius 2 is 1.84 bits per heavy atom. The predicted molar refractivity (Wildman–Crippen MR) is 78.9 cm³/mol. The van der Waals surface area contributed by atoms with Crippen molar-refractivity contribution in [3.63, 3.8) is 0 Å². The van der Waals surface area contributed by atoms with E-state index >= 15 is 0 Å². The number of likely N-dealkylation sites (N-methyl/N-ethyl adjacent to an activating group) is 1. The Morgan fingerprint density at radius 1 is 1.16 bits per heavy atom. The minimum Gasteiger partial charge on any atom is -0.351 e. The molecule has 0 aliphatic carbocycles. The number of halogens is 1. The zero-order valence-corrected chi connectivity index (χ0v) is 11.7. The number of nitrogens with zero attached hydrogens (tertiary/aromatic N) is 2. The largest absolute Gasteiger partial charge is 0.351 e. The van der Waals surface area contributed by atoms with E-state index in [4.69, 9.17) is 0 Å². The first-order valence-corrected chi connectivity index (χ1v) is 6.29. The molecular weight excluding hydrogens is 262 g/mol. The third kappa shape index (κ3) is 2.74. The van der Waals surface area contributed by atoms with Crippen molar-refractivity contribution in [2.24, 2.45) is 0 Å². The Morgan fingerprint density at radius 3 is 2.53 bits per heavy atom. The second kappa shape index (κ2) is 5.63. The van der Waals surface area contributed by atoms with E-state index in [2.05, 4.69) is 16.9 Å². The maximum atomic E-state index is 12.4. The van der Waals surface area contributed by atoms with Crippen molar-refractivity contribution in [3.05, 3.63) is 36.0 Å². The van der Waals surface area contributed by atoms with Gasteiger partial charge in [0, 0.05) is 37.1 Å². The number of nitrogens with one attached hydrogen (secondary N) is 1. The van der Waals surface area contributed by atoms with Gasteiger partial charge >= 0.3 is 0 Å². The molecule has 0 bridgehead atoms. The van der Waals surface area contributed by atoms with E-state index in [1.165, 1.54) is 0 Å². The van der Waals surface area contributed by atoms with Crippen molar-refractivity contribution in [1.29, 1.82) is 0 Å². The molecule has 0 spiro atoms. The van der Waals surface area contributed by atoms with Gasteiger partial charge in [-0.05, 0) is 19.2 Å². The zero-order chi connectivity index (χ0) is 12.5. The van der Waals surface area contributed by atoms with Gasteiger partial charge in [-0.2, -0.15) is 0 Å². The Hall–Kier alpha value is -1.52. The number of carbonyl (C=O) groups is 1. The average Bonchev–Trinajstić information content (AvgIpc) is 2.82. The molecule has 1 amide bonds. The van der Waals surface area contributed by atoms with Gasteiger partial charge in [-0.25, -0.2) is 0 Å². The number of piperazine rings is 1. The number of H-pyrrole nitrogens is 1. The zero-order valence-electron chi connectivity index (χ0n) is 10.9. The lowest BCUT2D eigenvalue weighted by Crippen LogP contribution is -2.47. The molecule has 0 radical (unpaired) electrons. The molecule has 1 aliphatic rings. The normalized spacial score (nSPS) is 16.4. The summed E-state index contributed by atoms with van der Waals surface area (Å²) in [4.78, 5) is 19.7. The van der Waals surface area contributed by atoms with Crippen molar-refractivity contribution < 1.29 is 4.79 Å². The highest BCUT2D eigenvalue weighted by molar-refractivity contribution is 5.98. The molecule has 0 unspecified atom stereocenters. The molecule has 1 fully saturated rings. The van der Waals surface area contributed by atoms with Gasteiger partial charge in [-0.15, -0.1) is 12.4 Å². The monoisotopic (exact) mass is 279 g/mol. The van der Waals surface area contributed by atoms with Crippen molar-refractivity contribution in [1.82, 2.24) is 14.8 Å². The molecule has 0 atom stereocenters. The molecule has 2 aromatic rings. The molecule has 1 N–H and O–H groups in total. The van der Waals surface area contributed by atoms with Gasteiger partial charge in [0.2, 0.25) is 0 Å². The third-order valence-electron chi connectivity index (χ3n) is 3.55. The van der Waals surface area contributed by atoms with E-state index < -0.39 is 0 Å². The van der Waals surface area contributed by atoms with Crippen molar-refractivity contribution in [2.75, 3.05) is 33.2 Å². The first-order valence-electron chi connectivity index (χ1n) is 6.29. The van der Waals surface area contributed by atoms with E-state index in [1.807, 2.05) is 35.2 Å². The summed E-state index contributed by atoms with van der Waals surface area (Å²) in [6.45, 7) is 3.52. The average molecular weight is 280 g/mol. The highest BCUT2D eigenvalue weighted by atomic mass is 35.5. The number of carbonyl (C=O) groups excluding carboxylic acids is 1. The summed E-state index contributed by atoms with van der Waals surface area (Å²) in [7, 11) is 2.09. The third-order valence-corrected chi connectivity index (χ3v) is 3.55. The quantitative estimate of drug-likeness (QED) is 0.867. The number of amides is 1. The van der Waals surface area contributed by atoms with Crippen LogP contribution in [-0.4, -0.2) is 53.9 Å². The summed E-state index contributed by atoms with van der Waals surface area (Å²) >= 11 is 0. The van der Waals surface area contributed by atoms with Gasteiger partial charge in [-0.1, -0.05) is 18.2 Å². The minimum atomic E-state index is 0. The van der Waals surface area contributed by atoms with Gasteiger partial charge in [0.1, 0.15) is 5.69 Å². The molecule has 1 aromatic heterocycles. The summed E-state index contributed by atoms with van der Waals surface area (Å²) in [6.07, 6.45) is 0. The van der Waals surface area contributed by atoms with Crippen LogP contribution in [0.4, 0.5) is 0 Å². The van der Waals surface area contributed by atoms with Crippen LogP contribution in [0.15, 0.2) is 30.3 Å². The van der Waals surface area contributed by atoms with Crippen LogP contribution in [0.25, 0.3) is 10.9 Å². The summed E-state index contributed by atoms with van der Waals surface area (Å²) in [6, 6.07) is 9.92. The Labute approximate surface area is 118 Å². The fraction of sp³-hybridized carbons (Fsp3) is 0.357. The number of rotatable bonds is 1. The number of aromatic nitrogens is 1. The topological polar surface area (TPSA) is 39.3 Å². The van der Waals surface area contributed by atoms with Gasteiger partial charge in [0.05, 0.1) is 0 Å². The lowest BCUT2D eigenvalue weighted by atomic mass is 10.2. The van der Waals surface area contributed by atoms with Crippen molar-refractivity contribution in [2.45, 2.75) is 0 Å². The number of hydrogen-bond acceptors (Lipinski definition) is 2. The van der Waals surface area contributed by atoms with Crippen LogP contribution in [0.3, 0.4) is 0 Å². The molecule has 4 nitrogen and oxygen atoms in total. The van der Waals surface area contributed by atoms with Gasteiger partial charge in [-0.3, -0.25) is 4.79 Å². The molecule has 2 heterocycles. The van der Waals surface area contributed by atoms with Crippen LogP contribution < -0.4 is 0 Å².